The standard InChI is InChI=1S/C24H23N3O3S/c1-13-14(2)31-23-20(13)22(28)26-19(27-23)12-30-24(29)21-15-8-4-3-5-10-17(15)25-18-11-7-6-9-16(18)21/h6-7,9,11H,3-5,8,10,12H2,1-2H3,(H,26,27,28). The Morgan fingerprint density at radius 1 is 1.13 bits per heavy atom. The lowest BCUT2D eigenvalue weighted by Gasteiger charge is -2.14. The maximum absolute atomic E-state index is 13.3. The molecule has 3 aromatic heterocycles. The van der Waals surface area contributed by atoms with Gasteiger partial charge in [-0.3, -0.25) is 9.78 Å². The molecule has 4 aromatic rings. The number of aromatic amines is 1. The van der Waals surface area contributed by atoms with Crippen LogP contribution in [0.4, 0.5) is 0 Å². The van der Waals surface area contributed by atoms with E-state index in [0.29, 0.717) is 21.6 Å². The third-order valence-corrected chi connectivity index (χ3v) is 7.15. The zero-order valence-corrected chi connectivity index (χ0v) is 18.4. The molecule has 1 aliphatic rings. The van der Waals surface area contributed by atoms with Crippen LogP contribution in [-0.4, -0.2) is 20.9 Å². The van der Waals surface area contributed by atoms with Gasteiger partial charge in [0.1, 0.15) is 17.3 Å². The van der Waals surface area contributed by atoms with Gasteiger partial charge in [-0.25, -0.2) is 9.78 Å². The van der Waals surface area contributed by atoms with Crippen LogP contribution in [0.5, 0.6) is 0 Å². The molecule has 31 heavy (non-hydrogen) atoms. The van der Waals surface area contributed by atoms with Crippen LogP contribution in [0.25, 0.3) is 21.1 Å². The van der Waals surface area contributed by atoms with Crippen molar-refractivity contribution in [2.75, 3.05) is 0 Å². The fourth-order valence-electron chi connectivity index (χ4n) is 4.36. The molecule has 0 saturated carbocycles. The molecular weight excluding hydrogens is 410 g/mol. The summed E-state index contributed by atoms with van der Waals surface area (Å²) < 4.78 is 5.68. The Kier molecular flexibility index (Phi) is 5.06. The van der Waals surface area contributed by atoms with Gasteiger partial charge in [0, 0.05) is 16.0 Å². The van der Waals surface area contributed by atoms with E-state index in [9.17, 15) is 9.59 Å². The Bertz CT molecular complexity index is 1390. The number of aryl methyl sites for hydroxylation is 3. The molecule has 0 spiro atoms. The van der Waals surface area contributed by atoms with Gasteiger partial charge in [0.05, 0.1) is 16.5 Å². The van der Waals surface area contributed by atoms with Crippen LogP contribution in [0.15, 0.2) is 29.1 Å². The van der Waals surface area contributed by atoms with E-state index in [1.807, 2.05) is 38.1 Å². The summed E-state index contributed by atoms with van der Waals surface area (Å²) in [5.41, 5.74) is 4.17. The number of pyridine rings is 1. The molecule has 0 aliphatic heterocycles. The summed E-state index contributed by atoms with van der Waals surface area (Å²) >= 11 is 1.48. The molecule has 0 radical (unpaired) electrons. The number of ether oxygens (including phenoxy) is 1. The molecule has 0 fully saturated rings. The van der Waals surface area contributed by atoms with Gasteiger partial charge in [-0.2, -0.15) is 0 Å². The normalized spacial score (nSPS) is 13.9. The number of carbonyl (C=O) groups is 1. The van der Waals surface area contributed by atoms with Crippen molar-refractivity contribution in [2.45, 2.75) is 52.6 Å². The molecule has 7 heteroatoms. The summed E-state index contributed by atoms with van der Waals surface area (Å²) in [5.74, 6) is -0.0328. The highest BCUT2D eigenvalue weighted by Gasteiger charge is 2.23. The minimum absolute atomic E-state index is 0.0779. The van der Waals surface area contributed by atoms with Gasteiger partial charge < -0.3 is 9.72 Å². The van der Waals surface area contributed by atoms with Crippen molar-refractivity contribution in [3.63, 3.8) is 0 Å². The Morgan fingerprint density at radius 2 is 1.94 bits per heavy atom. The lowest BCUT2D eigenvalue weighted by molar-refractivity contribution is 0.0463. The number of rotatable bonds is 3. The lowest BCUT2D eigenvalue weighted by Crippen LogP contribution is -2.16. The number of hydrogen-bond acceptors (Lipinski definition) is 6. The molecule has 1 aromatic carbocycles. The maximum Gasteiger partial charge on any atom is 0.339 e. The summed E-state index contributed by atoms with van der Waals surface area (Å²) in [7, 11) is 0. The fraction of sp³-hybridized carbons (Fsp3) is 0.333. The Morgan fingerprint density at radius 3 is 2.81 bits per heavy atom. The molecule has 0 atom stereocenters. The van der Waals surface area contributed by atoms with Crippen molar-refractivity contribution in [1.82, 2.24) is 15.0 Å². The molecule has 6 nitrogen and oxygen atoms in total. The first-order chi connectivity index (χ1) is 15.0. The molecule has 3 heterocycles. The number of H-pyrrole nitrogens is 1. The van der Waals surface area contributed by atoms with Gasteiger partial charge in [0.15, 0.2) is 0 Å². The highest BCUT2D eigenvalue weighted by Crippen LogP contribution is 2.30. The van der Waals surface area contributed by atoms with Crippen LogP contribution >= 0.6 is 11.3 Å². The van der Waals surface area contributed by atoms with Crippen LogP contribution in [0.1, 0.15) is 57.1 Å². The first kappa shape index (κ1) is 19.9. The predicted octanol–water partition coefficient (Wildman–Crippen LogP) is 4.78. The molecule has 5 rings (SSSR count). The number of carbonyl (C=O) groups excluding carboxylic acids is 1. The molecule has 0 unspecified atom stereocenters. The smallest absolute Gasteiger partial charge is 0.339 e. The summed E-state index contributed by atoms with van der Waals surface area (Å²) in [6, 6.07) is 7.71. The third-order valence-electron chi connectivity index (χ3n) is 6.05. The Labute approximate surface area is 183 Å². The highest BCUT2D eigenvalue weighted by atomic mass is 32.1. The van der Waals surface area contributed by atoms with Gasteiger partial charge in [0.25, 0.3) is 5.56 Å². The van der Waals surface area contributed by atoms with Crippen LogP contribution in [0.3, 0.4) is 0 Å². The van der Waals surface area contributed by atoms with Gasteiger partial charge in [-0.15, -0.1) is 11.3 Å². The van der Waals surface area contributed by atoms with Crippen molar-refractivity contribution < 1.29 is 9.53 Å². The van der Waals surface area contributed by atoms with Gasteiger partial charge in [0.2, 0.25) is 0 Å². The summed E-state index contributed by atoms with van der Waals surface area (Å²) in [4.78, 5) is 39.6. The van der Waals surface area contributed by atoms with E-state index in [-0.39, 0.29) is 12.2 Å². The van der Waals surface area contributed by atoms with Crippen molar-refractivity contribution in [1.29, 1.82) is 0 Å². The van der Waals surface area contributed by atoms with Crippen molar-refractivity contribution in [3.05, 3.63) is 67.7 Å². The second kappa shape index (κ2) is 7.89. The average Bonchev–Trinajstić information content (AvgIpc) is 2.91. The number of benzene rings is 1. The van der Waals surface area contributed by atoms with E-state index in [1.165, 1.54) is 11.3 Å². The largest absolute Gasteiger partial charge is 0.454 e. The number of nitrogens with zero attached hydrogens (tertiary/aromatic N) is 2. The van der Waals surface area contributed by atoms with Crippen molar-refractivity contribution in [2.24, 2.45) is 0 Å². The minimum Gasteiger partial charge on any atom is -0.454 e. The first-order valence-electron chi connectivity index (χ1n) is 10.6. The molecule has 0 amide bonds. The molecule has 158 valence electrons. The lowest BCUT2D eigenvalue weighted by atomic mass is 9.97. The topological polar surface area (TPSA) is 84.9 Å². The van der Waals surface area contributed by atoms with Crippen LogP contribution < -0.4 is 5.56 Å². The van der Waals surface area contributed by atoms with Gasteiger partial charge in [-0.05, 0) is 56.7 Å². The van der Waals surface area contributed by atoms with E-state index in [2.05, 4.69) is 9.97 Å². The number of nitrogens with one attached hydrogen (secondary N) is 1. The van der Waals surface area contributed by atoms with Crippen molar-refractivity contribution in [3.8, 4) is 0 Å². The van der Waals surface area contributed by atoms with Crippen molar-refractivity contribution >= 4 is 38.4 Å². The Hall–Kier alpha value is -3.06. The van der Waals surface area contributed by atoms with E-state index >= 15 is 0 Å². The summed E-state index contributed by atoms with van der Waals surface area (Å²) in [6.07, 6.45) is 4.95. The minimum atomic E-state index is -0.391. The average molecular weight is 434 g/mol. The molecule has 0 saturated heterocycles. The zero-order valence-electron chi connectivity index (χ0n) is 17.6. The summed E-state index contributed by atoms with van der Waals surface area (Å²) in [5, 5.41) is 1.43. The Balaban J connectivity index is 1.50. The van der Waals surface area contributed by atoms with E-state index in [4.69, 9.17) is 9.72 Å². The number of thiophene rings is 1. The van der Waals surface area contributed by atoms with Crippen LogP contribution in [-0.2, 0) is 24.2 Å². The van der Waals surface area contributed by atoms with Gasteiger partial charge >= 0.3 is 5.97 Å². The molecule has 0 bridgehead atoms. The number of fused-ring (bicyclic) bond motifs is 3. The molecule has 1 N–H and O–H groups in total. The second-order valence-electron chi connectivity index (χ2n) is 8.04. The number of para-hydroxylation sites is 1. The first-order valence-corrected chi connectivity index (χ1v) is 11.4. The quantitative estimate of drug-likeness (QED) is 0.371. The highest BCUT2D eigenvalue weighted by molar-refractivity contribution is 7.18. The maximum atomic E-state index is 13.3. The van der Waals surface area contributed by atoms with E-state index in [0.717, 1.165) is 64.7 Å². The number of hydrogen-bond donors (Lipinski definition) is 1. The molecule has 1 aliphatic carbocycles. The zero-order chi connectivity index (χ0) is 21.5. The van der Waals surface area contributed by atoms with Crippen LogP contribution in [0.2, 0.25) is 0 Å². The predicted molar refractivity (Wildman–Crippen MR) is 122 cm³/mol. The van der Waals surface area contributed by atoms with E-state index in [1.54, 1.807) is 0 Å². The van der Waals surface area contributed by atoms with Gasteiger partial charge in [-0.1, -0.05) is 24.6 Å². The monoisotopic (exact) mass is 433 g/mol. The number of aromatic nitrogens is 3. The number of esters is 1. The SMILES string of the molecule is Cc1sc2nc(COC(=O)c3c4c(nc5ccccc35)CCCCC4)[nH]c(=O)c2c1C. The second-order valence-corrected chi connectivity index (χ2v) is 9.25. The molecular formula is C24H23N3O3S. The summed E-state index contributed by atoms with van der Waals surface area (Å²) in [6.45, 7) is 3.82. The third kappa shape index (κ3) is 3.53. The fourth-order valence-corrected chi connectivity index (χ4v) is 5.41. The van der Waals surface area contributed by atoms with Crippen LogP contribution in [0, 0.1) is 13.8 Å². The van der Waals surface area contributed by atoms with E-state index < -0.39 is 5.97 Å².